The van der Waals surface area contributed by atoms with E-state index in [0.717, 1.165) is 24.3 Å². The lowest BCUT2D eigenvalue weighted by Gasteiger charge is -2.25. The lowest BCUT2D eigenvalue weighted by molar-refractivity contribution is -0.384. The van der Waals surface area contributed by atoms with E-state index in [1.54, 1.807) is 12.1 Å². The minimum Gasteiger partial charge on any atom is -0.379 e. The molecule has 1 unspecified atom stereocenters. The monoisotopic (exact) mass is 236 g/mol. The summed E-state index contributed by atoms with van der Waals surface area (Å²) in [4.78, 5) is 10.4. The van der Waals surface area contributed by atoms with Crippen molar-refractivity contribution in [1.29, 1.82) is 0 Å². The van der Waals surface area contributed by atoms with Gasteiger partial charge in [0.05, 0.1) is 17.1 Å². The first-order chi connectivity index (χ1) is 8.00. The van der Waals surface area contributed by atoms with E-state index in [4.69, 9.17) is 4.74 Å². The predicted octanol–water partition coefficient (Wildman–Crippen LogP) is 2.49. The number of hydrogen-bond acceptors (Lipinski definition) is 4. The Labute approximate surface area is 99.9 Å². The summed E-state index contributed by atoms with van der Waals surface area (Å²) < 4.78 is 5.35. The molecule has 92 valence electrons. The summed E-state index contributed by atoms with van der Waals surface area (Å²) in [7, 11) is 0. The Kier molecular flexibility index (Phi) is 3.02. The molecule has 0 spiro atoms. The largest absolute Gasteiger partial charge is 0.379 e. The van der Waals surface area contributed by atoms with Crippen LogP contribution < -0.4 is 5.32 Å². The maximum absolute atomic E-state index is 10.7. The second kappa shape index (κ2) is 4.33. The second-order valence-electron chi connectivity index (χ2n) is 4.74. The zero-order chi connectivity index (χ0) is 12.5. The molecule has 1 aliphatic heterocycles. The van der Waals surface area contributed by atoms with Crippen LogP contribution in [-0.4, -0.2) is 23.7 Å². The normalized spacial score (nSPS) is 23.6. The van der Waals surface area contributed by atoms with Crippen LogP contribution in [0.2, 0.25) is 0 Å². The fourth-order valence-corrected chi connectivity index (χ4v) is 1.95. The molecular weight excluding hydrogens is 220 g/mol. The van der Waals surface area contributed by atoms with Gasteiger partial charge in [-0.15, -0.1) is 0 Å². The van der Waals surface area contributed by atoms with Gasteiger partial charge < -0.3 is 10.1 Å². The van der Waals surface area contributed by atoms with Crippen LogP contribution in [0.1, 0.15) is 18.9 Å². The molecule has 0 aliphatic carbocycles. The van der Waals surface area contributed by atoms with Crippen LogP contribution in [0.3, 0.4) is 0 Å². The van der Waals surface area contributed by atoms with Crippen LogP contribution in [0.5, 0.6) is 0 Å². The lowest BCUT2D eigenvalue weighted by Crippen LogP contribution is -2.35. The van der Waals surface area contributed by atoms with Crippen molar-refractivity contribution in [3.05, 3.63) is 33.9 Å². The van der Waals surface area contributed by atoms with Gasteiger partial charge >= 0.3 is 0 Å². The molecule has 1 fully saturated rings. The van der Waals surface area contributed by atoms with E-state index in [1.807, 2.05) is 6.92 Å². The average Bonchev–Trinajstić information content (AvgIpc) is 2.68. The molecule has 1 atom stereocenters. The van der Waals surface area contributed by atoms with E-state index in [0.29, 0.717) is 6.61 Å². The Bertz CT molecular complexity index is 439. The average molecular weight is 236 g/mol. The summed E-state index contributed by atoms with van der Waals surface area (Å²) in [5, 5.41) is 14.1. The first-order valence-electron chi connectivity index (χ1n) is 5.61. The molecular formula is C12H16N2O3. The number of nitrogens with one attached hydrogen (secondary N) is 1. The molecule has 5 heteroatoms. The van der Waals surface area contributed by atoms with E-state index < -0.39 is 0 Å². The van der Waals surface area contributed by atoms with Gasteiger partial charge in [0.25, 0.3) is 5.69 Å². The molecule has 1 aliphatic rings. The van der Waals surface area contributed by atoms with Crippen molar-refractivity contribution < 1.29 is 9.66 Å². The highest BCUT2D eigenvalue weighted by Crippen LogP contribution is 2.28. The van der Waals surface area contributed by atoms with Crippen LogP contribution >= 0.6 is 0 Å². The van der Waals surface area contributed by atoms with Crippen LogP contribution in [0.25, 0.3) is 0 Å². The van der Waals surface area contributed by atoms with Crippen LogP contribution in [0.4, 0.5) is 11.4 Å². The third-order valence-corrected chi connectivity index (χ3v) is 3.09. The molecule has 0 bridgehead atoms. The van der Waals surface area contributed by atoms with Crippen molar-refractivity contribution in [2.75, 3.05) is 18.5 Å². The van der Waals surface area contributed by atoms with Gasteiger partial charge in [-0.05, 0) is 25.8 Å². The molecule has 1 aromatic carbocycles. The number of non-ortho nitro benzene ring substituents is 1. The molecule has 0 radical (unpaired) electrons. The number of rotatable bonds is 3. The van der Waals surface area contributed by atoms with Gasteiger partial charge in [0.1, 0.15) is 0 Å². The molecule has 1 heterocycles. The van der Waals surface area contributed by atoms with Crippen LogP contribution in [0, 0.1) is 17.0 Å². The minimum atomic E-state index is -0.377. The molecule has 0 aromatic heterocycles. The predicted molar refractivity (Wildman–Crippen MR) is 65.3 cm³/mol. The first-order valence-corrected chi connectivity index (χ1v) is 5.61. The van der Waals surface area contributed by atoms with Crippen LogP contribution in [0.15, 0.2) is 18.2 Å². The molecule has 1 aromatic rings. The van der Waals surface area contributed by atoms with E-state index in [9.17, 15) is 10.1 Å². The first kappa shape index (κ1) is 11.9. The van der Waals surface area contributed by atoms with E-state index in [1.165, 1.54) is 6.07 Å². The van der Waals surface area contributed by atoms with E-state index in [2.05, 4.69) is 12.2 Å². The standard InChI is InChI=1S/C12H16N2O3/c1-9-3-4-10(14(15)16)7-11(9)13-12(2)5-6-17-8-12/h3-4,7,13H,5-6,8H2,1-2H3. The zero-order valence-electron chi connectivity index (χ0n) is 10.0. The quantitative estimate of drug-likeness (QED) is 0.647. The van der Waals surface area contributed by atoms with Crippen molar-refractivity contribution in [1.82, 2.24) is 0 Å². The SMILES string of the molecule is Cc1ccc([N+](=O)[O-])cc1NC1(C)CCOC1. The molecule has 2 rings (SSSR count). The smallest absolute Gasteiger partial charge is 0.271 e. The van der Waals surface area contributed by atoms with E-state index in [-0.39, 0.29) is 16.1 Å². The van der Waals surface area contributed by atoms with Gasteiger partial charge in [0.15, 0.2) is 0 Å². The number of hydrogen-bond donors (Lipinski definition) is 1. The minimum absolute atomic E-state index is 0.112. The third kappa shape index (κ3) is 2.55. The molecule has 1 N–H and O–H groups in total. The topological polar surface area (TPSA) is 64.4 Å². The number of benzene rings is 1. The summed E-state index contributed by atoms with van der Waals surface area (Å²) >= 11 is 0. The lowest BCUT2D eigenvalue weighted by atomic mass is 10.0. The zero-order valence-corrected chi connectivity index (χ0v) is 10.0. The summed E-state index contributed by atoms with van der Waals surface area (Å²) in [6, 6.07) is 4.87. The summed E-state index contributed by atoms with van der Waals surface area (Å²) in [5.74, 6) is 0. The maximum Gasteiger partial charge on any atom is 0.271 e. The molecule has 0 saturated carbocycles. The molecule has 5 nitrogen and oxygen atoms in total. The van der Waals surface area contributed by atoms with Gasteiger partial charge in [-0.3, -0.25) is 10.1 Å². The number of nitrogens with zero attached hydrogens (tertiary/aromatic N) is 1. The Balaban J connectivity index is 2.25. The summed E-state index contributed by atoms with van der Waals surface area (Å²) in [5.41, 5.74) is 1.80. The van der Waals surface area contributed by atoms with Crippen molar-refractivity contribution in [3.63, 3.8) is 0 Å². The molecule has 0 amide bonds. The highest BCUT2D eigenvalue weighted by molar-refractivity contribution is 5.58. The van der Waals surface area contributed by atoms with Crippen molar-refractivity contribution in [2.24, 2.45) is 0 Å². The summed E-state index contributed by atoms with van der Waals surface area (Å²) in [6.45, 7) is 5.37. The number of anilines is 1. The number of nitro benzene ring substituents is 1. The fourth-order valence-electron chi connectivity index (χ4n) is 1.95. The number of nitro groups is 1. The van der Waals surface area contributed by atoms with Gasteiger partial charge in [-0.25, -0.2) is 0 Å². The highest BCUT2D eigenvalue weighted by atomic mass is 16.6. The van der Waals surface area contributed by atoms with Crippen molar-refractivity contribution in [3.8, 4) is 0 Å². The van der Waals surface area contributed by atoms with Crippen molar-refractivity contribution >= 4 is 11.4 Å². The Morgan fingerprint density at radius 1 is 1.53 bits per heavy atom. The van der Waals surface area contributed by atoms with Gasteiger partial charge in [0.2, 0.25) is 0 Å². The molecule has 17 heavy (non-hydrogen) atoms. The Morgan fingerprint density at radius 2 is 2.29 bits per heavy atom. The number of aryl methyl sites for hydroxylation is 1. The Hall–Kier alpha value is -1.62. The number of ether oxygens (including phenoxy) is 1. The summed E-state index contributed by atoms with van der Waals surface area (Å²) in [6.07, 6.45) is 0.912. The third-order valence-electron chi connectivity index (χ3n) is 3.09. The Morgan fingerprint density at radius 3 is 2.88 bits per heavy atom. The molecule has 1 saturated heterocycles. The van der Waals surface area contributed by atoms with Crippen molar-refractivity contribution in [2.45, 2.75) is 25.8 Å². The van der Waals surface area contributed by atoms with Gasteiger partial charge in [-0.2, -0.15) is 0 Å². The van der Waals surface area contributed by atoms with Gasteiger partial charge in [-0.1, -0.05) is 6.07 Å². The second-order valence-corrected chi connectivity index (χ2v) is 4.74. The van der Waals surface area contributed by atoms with Gasteiger partial charge in [0, 0.05) is 24.4 Å². The highest BCUT2D eigenvalue weighted by Gasteiger charge is 2.30. The fraction of sp³-hybridized carbons (Fsp3) is 0.500. The van der Waals surface area contributed by atoms with E-state index >= 15 is 0 Å². The van der Waals surface area contributed by atoms with Crippen LogP contribution in [-0.2, 0) is 4.74 Å². The maximum atomic E-state index is 10.7.